The maximum Gasteiger partial charge on any atom is 0.212 e. The van der Waals surface area contributed by atoms with E-state index in [1.807, 2.05) is 40.5 Å². The van der Waals surface area contributed by atoms with Crippen molar-refractivity contribution in [3.05, 3.63) is 72.2 Å². The third-order valence-electron chi connectivity index (χ3n) is 8.14. The van der Waals surface area contributed by atoms with Crippen LogP contribution in [0.1, 0.15) is 31.2 Å². The average Bonchev–Trinajstić information content (AvgIpc) is 3.59. The van der Waals surface area contributed by atoms with Gasteiger partial charge < -0.3 is 15.2 Å². The second-order valence-corrected chi connectivity index (χ2v) is 10.4. The summed E-state index contributed by atoms with van der Waals surface area (Å²) in [6.45, 7) is 0. The number of rotatable bonds is 3. The van der Waals surface area contributed by atoms with Gasteiger partial charge in [0, 0.05) is 65.8 Å². The van der Waals surface area contributed by atoms with Crippen LogP contribution in [0, 0.1) is 23.0 Å². The minimum Gasteiger partial charge on any atom is -0.351 e. The fourth-order valence-corrected chi connectivity index (χ4v) is 6.38. The van der Waals surface area contributed by atoms with E-state index in [0.717, 1.165) is 36.6 Å². The number of anilines is 1. The molecule has 2 atom stereocenters. The lowest BCUT2D eigenvalue weighted by Crippen LogP contribution is -2.48. The van der Waals surface area contributed by atoms with Crippen molar-refractivity contribution in [2.75, 3.05) is 4.90 Å². The molecule has 2 saturated heterocycles. The molecule has 2 unspecified atom stereocenters. The first-order chi connectivity index (χ1) is 18.4. The largest absolute Gasteiger partial charge is 0.351 e. The fourth-order valence-electron chi connectivity index (χ4n) is 6.38. The van der Waals surface area contributed by atoms with Crippen molar-refractivity contribution in [1.29, 1.82) is 5.26 Å². The Morgan fingerprint density at radius 1 is 1.03 bits per heavy atom. The Hall–Kier alpha value is -4.29. The average molecular weight is 510 g/mol. The van der Waals surface area contributed by atoms with E-state index in [1.165, 1.54) is 18.2 Å². The van der Waals surface area contributed by atoms with E-state index >= 15 is 4.39 Å². The van der Waals surface area contributed by atoms with Gasteiger partial charge >= 0.3 is 0 Å². The zero-order valence-electron chi connectivity index (χ0n) is 20.8. The molecule has 190 valence electrons. The highest BCUT2D eigenvalue weighted by Gasteiger charge is 2.42. The summed E-state index contributed by atoms with van der Waals surface area (Å²) in [6.07, 6.45) is 9.20. The molecule has 38 heavy (non-hydrogen) atoms. The van der Waals surface area contributed by atoms with Crippen molar-refractivity contribution in [3.8, 4) is 28.5 Å². The minimum absolute atomic E-state index is 0.0584. The van der Waals surface area contributed by atoms with Gasteiger partial charge in [-0.25, -0.2) is 18.7 Å². The molecule has 0 amide bonds. The van der Waals surface area contributed by atoms with Crippen molar-refractivity contribution in [1.82, 2.24) is 18.9 Å². The number of nitrogens with two attached hydrogens (primary N) is 1. The van der Waals surface area contributed by atoms with Gasteiger partial charge in [-0.1, -0.05) is 6.07 Å². The number of fused-ring (bicyclic) bond motifs is 4. The number of imidazole rings is 1. The smallest absolute Gasteiger partial charge is 0.212 e. The second-order valence-electron chi connectivity index (χ2n) is 10.4. The van der Waals surface area contributed by atoms with Crippen LogP contribution in [-0.4, -0.2) is 37.1 Å². The molecular formula is C29H25F2N7. The number of aryl methyl sites for hydroxylation is 1. The molecule has 0 aliphatic carbocycles. The summed E-state index contributed by atoms with van der Waals surface area (Å²) in [7, 11) is 1.91. The normalized spacial score (nSPS) is 20.9. The molecule has 2 aliphatic rings. The van der Waals surface area contributed by atoms with Gasteiger partial charge in [0.05, 0.1) is 16.8 Å². The van der Waals surface area contributed by atoms with Crippen LogP contribution >= 0.6 is 0 Å². The van der Waals surface area contributed by atoms with E-state index in [2.05, 4.69) is 9.88 Å². The standard InChI is InChI=1S/C29H25F2N7/c1-36-8-6-16-10-24(31)22(14-25(16)36)26-27(17-2-3-18(15-32)23(30)11-17)35-29(37-9-7-34-28(26)37)38-20-4-5-21(38)13-19(33)12-20/h2-3,6-11,14,19-21H,4-5,12-13,33H2,1H3. The molecule has 0 saturated carbocycles. The first kappa shape index (κ1) is 22.9. The van der Waals surface area contributed by atoms with Crippen molar-refractivity contribution in [3.63, 3.8) is 0 Å². The summed E-state index contributed by atoms with van der Waals surface area (Å²) in [5, 5.41) is 10.1. The first-order valence-corrected chi connectivity index (χ1v) is 12.8. The Labute approximate surface area is 217 Å². The third-order valence-corrected chi connectivity index (χ3v) is 8.14. The summed E-state index contributed by atoms with van der Waals surface area (Å²) in [6, 6.07) is 12.1. The molecule has 9 heteroatoms. The number of nitriles is 1. The van der Waals surface area contributed by atoms with Crippen LogP contribution in [0.2, 0.25) is 0 Å². The number of hydrogen-bond donors (Lipinski definition) is 1. The Morgan fingerprint density at radius 3 is 2.55 bits per heavy atom. The van der Waals surface area contributed by atoms with Gasteiger partial charge in [0.2, 0.25) is 5.95 Å². The van der Waals surface area contributed by atoms with Crippen molar-refractivity contribution in [2.24, 2.45) is 12.8 Å². The van der Waals surface area contributed by atoms with E-state index in [9.17, 15) is 9.65 Å². The van der Waals surface area contributed by atoms with Crippen LogP contribution in [0.3, 0.4) is 0 Å². The molecule has 5 heterocycles. The monoisotopic (exact) mass is 509 g/mol. The van der Waals surface area contributed by atoms with Crippen LogP contribution in [-0.2, 0) is 7.05 Å². The SMILES string of the molecule is Cn1ccc2cc(F)c(-c3c(-c4ccc(C#N)c(F)c4)nc(N4C5CCC4CC(N)C5)n4ccnc34)cc21. The molecular weight excluding hydrogens is 484 g/mol. The van der Waals surface area contributed by atoms with Gasteiger partial charge in [-0.2, -0.15) is 5.26 Å². The fraction of sp³-hybridized carbons (Fsp3) is 0.276. The lowest BCUT2D eigenvalue weighted by molar-refractivity contribution is 0.408. The van der Waals surface area contributed by atoms with E-state index in [-0.39, 0.29) is 23.7 Å². The highest BCUT2D eigenvalue weighted by molar-refractivity contribution is 5.95. The minimum atomic E-state index is -0.648. The zero-order valence-corrected chi connectivity index (χ0v) is 20.8. The Kier molecular flexibility index (Phi) is 5.03. The molecule has 2 fully saturated rings. The summed E-state index contributed by atoms with van der Waals surface area (Å²) >= 11 is 0. The summed E-state index contributed by atoms with van der Waals surface area (Å²) in [5.74, 6) is -0.367. The molecule has 2 N–H and O–H groups in total. The topological polar surface area (TPSA) is 88.2 Å². The number of aromatic nitrogens is 4. The van der Waals surface area contributed by atoms with Crippen LogP contribution in [0.25, 0.3) is 38.9 Å². The quantitative estimate of drug-likeness (QED) is 0.363. The predicted octanol–water partition coefficient (Wildman–Crippen LogP) is 5.16. The maximum absolute atomic E-state index is 15.8. The molecule has 0 spiro atoms. The second kappa shape index (κ2) is 8.36. The summed E-state index contributed by atoms with van der Waals surface area (Å²) in [5.41, 5.74) is 9.36. The lowest BCUT2D eigenvalue weighted by Gasteiger charge is -2.39. The molecule has 5 aromatic rings. The molecule has 3 aromatic heterocycles. The van der Waals surface area contributed by atoms with Crippen LogP contribution in [0.4, 0.5) is 14.7 Å². The van der Waals surface area contributed by atoms with Crippen molar-refractivity contribution < 1.29 is 8.78 Å². The number of halogens is 2. The summed E-state index contributed by atoms with van der Waals surface area (Å²) in [4.78, 5) is 12.1. The maximum atomic E-state index is 15.8. The highest BCUT2D eigenvalue weighted by Crippen LogP contribution is 2.43. The number of hydrogen-bond acceptors (Lipinski definition) is 5. The van der Waals surface area contributed by atoms with Crippen molar-refractivity contribution in [2.45, 2.75) is 43.8 Å². The van der Waals surface area contributed by atoms with E-state index in [1.54, 1.807) is 18.3 Å². The Balaban J connectivity index is 1.54. The van der Waals surface area contributed by atoms with E-state index in [0.29, 0.717) is 34.0 Å². The zero-order chi connectivity index (χ0) is 26.1. The van der Waals surface area contributed by atoms with Gasteiger partial charge in [0.15, 0.2) is 0 Å². The Bertz CT molecular complexity index is 1770. The molecule has 2 aromatic carbocycles. The van der Waals surface area contributed by atoms with Gasteiger partial charge in [-0.3, -0.25) is 4.40 Å². The predicted molar refractivity (Wildman–Crippen MR) is 141 cm³/mol. The van der Waals surface area contributed by atoms with Gasteiger partial charge in [0.1, 0.15) is 23.4 Å². The van der Waals surface area contributed by atoms with Crippen LogP contribution in [0.15, 0.2) is 55.0 Å². The molecule has 2 bridgehead atoms. The van der Waals surface area contributed by atoms with E-state index < -0.39 is 11.6 Å². The number of benzene rings is 2. The van der Waals surface area contributed by atoms with Crippen molar-refractivity contribution >= 4 is 22.5 Å². The summed E-state index contributed by atoms with van der Waals surface area (Å²) < 4.78 is 34.5. The van der Waals surface area contributed by atoms with Gasteiger partial charge in [0.25, 0.3) is 0 Å². The van der Waals surface area contributed by atoms with Crippen LogP contribution in [0.5, 0.6) is 0 Å². The molecule has 0 radical (unpaired) electrons. The van der Waals surface area contributed by atoms with Gasteiger partial charge in [-0.15, -0.1) is 0 Å². The molecule has 2 aliphatic heterocycles. The number of piperidine rings is 1. The van der Waals surface area contributed by atoms with E-state index in [4.69, 9.17) is 10.7 Å². The Morgan fingerprint density at radius 2 is 1.82 bits per heavy atom. The van der Waals surface area contributed by atoms with Crippen LogP contribution < -0.4 is 10.6 Å². The van der Waals surface area contributed by atoms with Gasteiger partial charge in [-0.05, 0) is 56.0 Å². The first-order valence-electron chi connectivity index (χ1n) is 12.8. The number of nitrogens with zero attached hydrogens (tertiary/aromatic N) is 6. The third kappa shape index (κ3) is 3.33. The molecule has 7 rings (SSSR count). The molecule has 7 nitrogen and oxygen atoms in total. The lowest BCUT2D eigenvalue weighted by atomic mass is 9.97. The highest BCUT2D eigenvalue weighted by atomic mass is 19.1.